The highest BCUT2D eigenvalue weighted by Gasteiger charge is 2.44. The molecular weight excluding hydrogens is 596 g/mol. The molecule has 3 rings (SSSR count). The van der Waals surface area contributed by atoms with E-state index in [4.69, 9.17) is 14.2 Å². The normalized spacial score (nSPS) is 21.3. The molecule has 1 heterocycles. The fourth-order valence-electron chi connectivity index (χ4n) is 4.88. The average molecular weight is 645 g/mol. The molecule has 5 N–H and O–H groups in total. The summed E-state index contributed by atoms with van der Waals surface area (Å²) in [5, 5.41) is 42.2. The molecule has 1 saturated heterocycles. The minimum atomic E-state index is -1.56. The fraction of sp³-hybridized carbons (Fsp3) is 0.559. The summed E-state index contributed by atoms with van der Waals surface area (Å²) in [7, 11) is 0. The molecule has 0 aromatic heterocycles. The lowest BCUT2D eigenvalue weighted by Crippen LogP contribution is -2.60. The first-order valence-electron chi connectivity index (χ1n) is 15.8. The van der Waals surface area contributed by atoms with Crippen molar-refractivity contribution in [3.8, 4) is 5.75 Å². The third kappa shape index (κ3) is 12.0. The van der Waals surface area contributed by atoms with E-state index in [-0.39, 0.29) is 30.4 Å². The second-order valence-corrected chi connectivity index (χ2v) is 12.4. The van der Waals surface area contributed by atoms with Gasteiger partial charge in [0.05, 0.1) is 6.61 Å². The summed E-state index contributed by atoms with van der Waals surface area (Å²) in [5.74, 6) is 0.104. The standard InChI is InChI=1S/C34H48N2O10/c1-34(2,3)46-33(43)36(20-11-6-4-5-10-14-26(38)23-12-8-7-9-13-23)21-19-28(39)35-24-15-17-25(18-16-24)44-32-31(42)30(41)29(40)27(22-37)45-32/h7-9,12-13,15-18,27,29-32,37,40-42H,4-6,10-11,14,19-22H2,1-3H3,(H,35,39)/t27-,29+,30+,31-,32+/m1/s1. The lowest BCUT2D eigenvalue weighted by Gasteiger charge is -2.39. The smallest absolute Gasteiger partial charge is 0.410 e. The number of nitrogens with one attached hydrogen (secondary N) is 1. The van der Waals surface area contributed by atoms with Crippen LogP contribution in [0.5, 0.6) is 5.75 Å². The zero-order valence-electron chi connectivity index (χ0n) is 26.8. The third-order valence-corrected chi connectivity index (χ3v) is 7.43. The summed E-state index contributed by atoms with van der Waals surface area (Å²) in [6.07, 6.45) is -2.65. The molecular formula is C34H48N2O10. The summed E-state index contributed by atoms with van der Waals surface area (Å²) in [5.41, 5.74) is 0.528. The number of ketones is 1. The molecule has 0 saturated carbocycles. The first-order valence-corrected chi connectivity index (χ1v) is 15.8. The van der Waals surface area contributed by atoms with Gasteiger partial charge in [0.15, 0.2) is 5.78 Å². The summed E-state index contributed by atoms with van der Waals surface area (Å²) in [6.45, 7) is 5.41. The van der Waals surface area contributed by atoms with Gasteiger partial charge in [0, 0.05) is 37.2 Å². The van der Waals surface area contributed by atoms with Crippen molar-refractivity contribution in [2.45, 2.75) is 102 Å². The molecule has 0 radical (unpaired) electrons. The molecule has 12 heteroatoms. The molecule has 0 bridgehead atoms. The second-order valence-electron chi connectivity index (χ2n) is 12.4. The highest BCUT2D eigenvalue weighted by atomic mass is 16.7. The van der Waals surface area contributed by atoms with E-state index in [1.54, 1.807) is 37.8 Å². The molecule has 1 aliphatic rings. The van der Waals surface area contributed by atoms with Crippen LogP contribution in [0.25, 0.3) is 0 Å². The van der Waals surface area contributed by atoms with Gasteiger partial charge in [0.25, 0.3) is 0 Å². The van der Waals surface area contributed by atoms with Crippen LogP contribution in [0, 0.1) is 0 Å². The third-order valence-electron chi connectivity index (χ3n) is 7.43. The van der Waals surface area contributed by atoms with Crippen LogP contribution < -0.4 is 10.1 Å². The molecule has 1 aliphatic heterocycles. The van der Waals surface area contributed by atoms with E-state index in [9.17, 15) is 34.8 Å². The molecule has 2 amide bonds. The number of amides is 2. The largest absolute Gasteiger partial charge is 0.462 e. The number of carbonyl (C=O) groups is 3. The number of Topliss-reactive ketones (excluding diaryl/α,β-unsaturated/α-hetero) is 1. The predicted molar refractivity (Wildman–Crippen MR) is 170 cm³/mol. The predicted octanol–water partition coefficient (Wildman–Crippen LogP) is 3.65. The Labute approximate surface area is 270 Å². The van der Waals surface area contributed by atoms with Crippen molar-refractivity contribution < 1.29 is 49.0 Å². The minimum Gasteiger partial charge on any atom is -0.462 e. The molecule has 254 valence electrons. The summed E-state index contributed by atoms with van der Waals surface area (Å²) in [6, 6.07) is 15.5. The van der Waals surface area contributed by atoms with Crippen LogP contribution in [-0.4, -0.2) is 99.1 Å². The Balaban J connectivity index is 1.43. The molecule has 12 nitrogen and oxygen atoms in total. The Hall–Kier alpha value is -3.55. The van der Waals surface area contributed by atoms with Crippen molar-refractivity contribution in [1.29, 1.82) is 0 Å². The molecule has 0 aliphatic carbocycles. The van der Waals surface area contributed by atoms with Crippen molar-refractivity contribution >= 4 is 23.5 Å². The Kier molecular flexibility index (Phi) is 14.4. The molecule has 0 unspecified atom stereocenters. The van der Waals surface area contributed by atoms with E-state index in [1.165, 1.54) is 12.1 Å². The van der Waals surface area contributed by atoms with Gasteiger partial charge in [0.2, 0.25) is 12.2 Å². The molecule has 5 atom stereocenters. The van der Waals surface area contributed by atoms with Gasteiger partial charge in [0.1, 0.15) is 35.8 Å². The Bertz CT molecular complexity index is 1230. The number of unbranched alkanes of at least 4 members (excludes halogenated alkanes) is 4. The van der Waals surface area contributed by atoms with Gasteiger partial charge in [-0.2, -0.15) is 0 Å². The SMILES string of the molecule is CC(C)(C)OC(=O)N(CCCCCCCC(=O)c1ccccc1)CCC(=O)Nc1ccc(O[C@H]2O[C@H](CO)[C@H](O)[C@H](O)[C@H]2O)cc1. The topological polar surface area (TPSA) is 175 Å². The first-order chi connectivity index (χ1) is 21.9. The Morgan fingerprint density at radius 3 is 2.13 bits per heavy atom. The number of nitrogens with zero attached hydrogens (tertiary/aromatic N) is 1. The van der Waals surface area contributed by atoms with Crippen LogP contribution >= 0.6 is 0 Å². The van der Waals surface area contributed by atoms with Crippen LogP contribution in [0.15, 0.2) is 54.6 Å². The Morgan fingerprint density at radius 1 is 0.826 bits per heavy atom. The van der Waals surface area contributed by atoms with Gasteiger partial charge < -0.3 is 44.9 Å². The van der Waals surface area contributed by atoms with Gasteiger partial charge in [-0.15, -0.1) is 0 Å². The van der Waals surface area contributed by atoms with Gasteiger partial charge in [-0.1, -0.05) is 49.6 Å². The number of rotatable bonds is 16. The average Bonchev–Trinajstić information content (AvgIpc) is 3.02. The van der Waals surface area contributed by atoms with E-state index < -0.39 is 49.0 Å². The first kappa shape index (κ1) is 36.9. The van der Waals surface area contributed by atoms with E-state index in [1.807, 2.05) is 30.3 Å². The zero-order valence-corrected chi connectivity index (χ0v) is 26.8. The summed E-state index contributed by atoms with van der Waals surface area (Å²) in [4.78, 5) is 39.4. The number of benzene rings is 2. The van der Waals surface area contributed by atoms with Gasteiger partial charge in [-0.3, -0.25) is 9.59 Å². The van der Waals surface area contributed by atoms with Gasteiger partial charge in [-0.05, 0) is 57.9 Å². The number of hydrogen-bond donors (Lipinski definition) is 5. The second kappa shape index (κ2) is 18.0. The van der Waals surface area contributed by atoms with Crippen molar-refractivity contribution in [3.63, 3.8) is 0 Å². The summed E-state index contributed by atoms with van der Waals surface area (Å²) >= 11 is 0. The van der Waals surface area contributed by atoms with Crippen LogP contribution in [0.2, 0.25) is 0 Å². The van der Waals surface area contributed by atoms with Crippen LogP contribution in [0.4, 0.5) is 10.5 Å². The lowest BCUT2D eigenvalue weighted by atomic mass is 9.99. The maximum absolute atomic E-state index is 12.9. The van der Waals surface area contributed by atoms with Crippen molar-refractivity contribution in [2.75, 3.05) is 25.0 Å². The quantitative estimate of drug-likeness (QED) is 0.134. The maximum Gasteiger partial charge on any atom is 0.410 e. The van der Waals surface area contributed by atoms with Crippen LogP contribution in [0.3, 0.4) is 0 Å². The number of hydrogen-bond acceptors (Lipinski definition) is 10. The Morgan fingerprint density at radius 2 is 1.48 bits per heavy atom. The fourth-order valence-corrected chi connectivity index (χ4v) is 4.88. The van der Waals surface area contributed by atoms with Crippen molar-refractivity contribution in [3.05, 3.63) is 60.2 Å². The maximum atomic E-state index is 12.9. The molecule has 46 heavy (non-hydrogen) atoms. The number of ether oxygens (including phenoxy) is 3. The minimum absolute atomic E-state index is 0.0456. The number of aliphatic hydroxyl groups excluding tert-OH is 4. The molecule has 2 aromatic rings. The summed E-state index contributed by atoms with van der Waals surface area (Å²) < 4.78 is 16.5. The molecule has 2 aromatic carbocycles. The monoisotopic (exact) mass is 644 g/mol. The van der Waals surface area contributed by atoms with Gasteiger partial charge >= 0.3 is 6.09 Å². The van der Waals surface area contributed by atoms with Crippen molar-refractivity contribution in [2.24, 2.45) is 0 Å². The van der Waals surface area contributed by atoms with Gasteiger partial charge in [-0.25, -0.2) is 4.79 Å². The number of anilines is 1. The molecule has 0 spiro atoms. The van der Waals surface area contributed by atoms with E-state index in [0.717, 1.165) is 37.7 Å². The van der Waals surface area contributed by atoms with Crippen LogP contribution in [-0.2, 0) is 14.3 Å². The lowest BCUT2D eigenvalue weighted by molar-refractivity contribution is -0.277. The van der Waals surface area contributed by atoms with E-state index >= 15 is 0 Å². The highest BCUT2D eigenvalue weighted by molar-refractivity contribution is 5.95. The number of carbonyl (C=O) groups excluding carboxylic acids is 3. The number of aliphatic hydroxyl groups is 4. The highest BCUT2D eigenvalue weighted by Crippen LogP contribution is 2.25. The molecule has 1 fully saturated rings. The van der Waals surface area contributed by atoms with E-state index in [2.05, 4.69) is 5.32 Å². The van der Waals surface area contributed by atoms with Crippen LogP contribution in [0.1, 0.15) is 76.1 Å². The van der Waals surface area contributed by atoms with Crippen molar-refractivity contribution in [1.82, 2.24) is 4.90 Å². The van der Waals surface area contributed by atoms with E-state index in [0.29, 0.717) is 18.7 Å². The zero-order chi connectivity index (χ0) is 33.7.